The second kappa shape index (κ2) is 6.04. The van der Waals surface area contributed by atoms with Crippen LogP contribution in [0.25, 0.3) is 0 Å². The lowest BCUT2D eigenvalue weighted by atomic mass is 10.1. The molecular weight excluding hydrogens is 318 g/mol. The number of halogens is 1. The van der Waals surface area contributed by atoms with E-state index in [9.17, 15) is 4.79 Å². The van der Waals surface area contributed by atoms with E-state index in [1.807, 2.05) is 6.92 Å². The molecular formula is C12H16BrNO3S. The number of ether oxygens (including phenoxy) is 2. The van der Waals surface area contributed by atoms with Crippen LogP contribution in [0.4, 0.5) is 4.79 Å². The molecule has 2 heterocycles. The zero-order valence-corrected chi connectivity index (χ0v) is 12.8. The van der Waals surface area contributed by atoms with Crippen molar-refractivity contribution in [2.75, 3.05) is 26.8 Å². The first-order chi connectivity index (χ1) is 8.65. The minimum atomic E-state index is -0.256. The summed E-state index contributed by atoms with van der Waals surface area (Å²) in [7, 11) is 1.68. The molecule has 1 aromatic heterocycles. The molecule has 0 aliphatic carbocycles. The van der Waals surface area contributed by atoms with Crippen molar-refractivity contribution in [3.8, 4) is 0 Å². The molecule has 0 saturated heterocycles. The molecule has 0 spiro atoms. The third kappa shape index (κ3) is 2.87. The van der Waals surface area contributed by atoms with Crippen LogP contribution in [0.2, 0.25) is 0 Å². The molecule has 0 radical (unpaired) electrons. The summed E-state index contributed by atoms with van der Waals surface area (Å²) in [4.78, 5) is 14.8. The van der Waals surface area contributed by atoms with E-state index in [-0.39, 0.29) is 12.2 Å². The van der Waals surface area contributed by atoms with Crippen LogP contribution in [-0.2, 0) is 15.9 Å². The molecule has 1 amide bonds. The third-order valence-corrected chi connectivity index (χ3v) is 4.68. The minimum absolute atomic E-state index is 0.0746. The summed E-state index contributed by atoms with van der Waals surface area (Å²) in [6.07, 6.45) is 0.521. The Kier molecular flexibility index (Phi) is 4.64. The number of rotatable bonds is 2. The lowest BCUT2D eigenvalue weighted by Gasteiger charge is -2.23. The Balaban J connectivity index is 2.17. The van der Waals surface area contributed by atoms with E-state index in [1.54, 1.807) is 23.3 Å². The predicted octanol–water partition coefficient (Wildman–Crippen LogP) is 3.21. The number of hydrogen-bond donors (Lipinski definition) is 0. The molecule has 1 atom stereocenters. The molecule has 0 aromatic carbocycles. The van der Waals surface area contributed by atoms with E-state index in [2.05, 4.69) is 22.0 Å². The van der Waals surface area contributed by atoms with E-state index >= 15 is 0 Å². The highest BCUT2D eigenvalue weighted by Crippen LogP contribution is 2.35. The number of carbonyl (C=O) groups is 1. The van der Waals surface area contributed by atoms with Gasteiger partial charge in [-0.1, -0.05) is 0 Å². The molecule has 6 heteroatoms. The van der Waals surface area contributed by atoms with Gasteiger partial charge in [0.15, 0.2) is 0 Å². The van der Waals surface area contributed by atoms with Crippen molar-refractivity contribution in [1.29, 1.82) is 0 Å². The summed E-state index contributed by atoms with van der Waals surface area (Å²) >= 11 is 5.21. The van der Waals surface area contributed by atoms with Gasteiger partial charge >= 0.3 is 6.09 Å². The van der Waals surface area contributed by atoms with Crippen molar-refractivity contribution in [1.82, 2.24) is 4.90 Å². The topological polar surface area (TPSA) is 38.8 Å². The van der Waals surface area contributed by atoms with Crippen LogP contribution in [0, 0.1) is 0 Å². The highest BCUT2D eigenvalue weighted by molar-refractivity contribution is 9.11. The second-order valence-electron chi connectivity index (χ2n) is 4.05. The summed E-state index contributed by atoms with van der Waals surface area (Å²) in [5, 5.41) is 0. The normalized spacial score (nSPS) is 19.3. The van der Waals surface area contributed by atoms with Crippen molar-refractivity contribution in [2.24, 2.45) is 0 Å². The molecule has 1 aliphatic heterocycles. The largest absolute Gasteiger partial charge is 0.450 e. The van der Waals surface area contributed by atoms with E-state index < -0.39 is 0 Å². The average Bonchev–Trinajstić information content (AvgIpc) is 2.62. The number of nitrogens with zero attached hydrogens (tertiary/aromatic N) is 1. The molecule has 0 N–H and O–H groups in total. The zero-order chi connectivity index (χ0) is 13.1. The van der Waals surface area contributed by atoms with Crippen LogP contribution in [-0.4, -0.2) is 37.8 Å². The van der Waals surface area contributed by atoms with Gasteiger partial charge in [-0.2, -0.15) is 0 Å². The first kappa shape index (κ1) is 13.8. The second-order valence-corrected chi connectivity index (χ2v) is 6.56. The number of fused-ring (bicyclic) bond motifs is 1. The van der Waals surface area contributed by atoms with Gasteiger partial charge in [-0.15, -0.1) is 11.3 Å². The summed E-state index contributed by atoms with van der Waals surface area (Å²) in [6.45, 7) is 3.45. The summed E-state index contributed by atoms with van der Waals surface area (Å²) in [6, 6.07) is 2.09. The van der Waals surface area contributed by atoms with E-state index in [4.69, 9.17) is 9.47 Å². The van der Waals surface area contributed by atoms with Gasteiger partial charge in [-0.05, 0) is 40.9 Å². The highest BCUT2D eigenvalue weighted by atomic mass is 79.9. The molecule has 0 bridgehead atoms. The first-order valence-electron chi connectivity index (χ1n) is 5.88. The van der Waals surface area contributed by atoms with E-state index in [0.717, 1.165) is 10.2 Å². The Morgan fingerprint density at radius 2 is 2.44 bits per heavy atom. The summed E-state index contributed by atoms with van der Waals surface area (Å²) in [5.41, 5.74) is 1.18. The van der Waals surface area contributed by atoms with Gasteiger partial charge in [0.1, 0.15) is 6.10 Å². The van der Waals surface area contributed by atoms with Crippen molar-refractivity contribution in [3.63, 3.8) is 0 Å². The highest BCUT2D eigenvalue weighted by Gasteiger charge is 2.28. The molecule has 1 aromatic rings. The maximum absolute atomic E-state index is 11.8. The third-order valence-electron chi connectivity index (χ3n) is 2.96. The molecule has 0 saturated carbocycles. The number of hydrogen-bond acceptors (Lipinski definition) is 4. The molecule has 2 rings (SSSR count). The Morgan fingerprint density at radius 1 is 1.67 bits per heavy atom. The molecule has 1 aliphatic rings. The molecule has 0 fully saturated rings. The smallest absolute Gasteiger partial charge is 0.409 e. The van der Waals surface area contributed by atoms with E-state index in [1.165, 1.54) is 10.4 Å². The fourth-order valence-electron chi connectivity index (χ4n) is 2.09. The number of methoxy groups -OCH3 is 1. The minimum Gasteiger partial charge on any atom is -0.450 e. The van der Waals surface area contributed by atoms with Gasteiger partial charge in [0, 0.05) is 18.5 Å². The van der Waals surface area contributed by atoms with Gasteiger partial charge in [0.05, 0.1) is 16.9 Å². The average molecular weight is 334 g/mol. The predicted molar refractivity (Wildman–Crippen MR) is 74.1 cm³/mol. The number of carbonyl (C=O) groups excluding carboxylic acids is 1. The number of thiophene rings is 1. The maximum atomic E-state index is 11.8. The van der Waals surface area contributed by atoms with Crippen LogP contribution in [0.15, 0.2) is 9.85 Å². The zero-order valence-electron chi connectivity index (χ0n) is 10.4. The fourth-order valence-corrected chi connectivity index (χ4v) is 3.84. The molecule has 18 heavy (non-hydrogen) atoms. The summed E-state index contributed by atoms with van der Waals surface area (Å²) in [5.74, 6) is 0. The molecule has 100 valence electrons. The number of amides is 1. The molecule has 4 nitrogen and oxygen atoms in total. The standard InChI is InChI=1S/C12H16BrNO3S/c1-3-17-12(15)14-5-4-10-8(6-11(13)18-10)9(7-14)16-2/h6,9H,3-5,7H2,1-2H3/t9-/m1/s1. The lowest BCUT2D eigenvalue weighted by Crippen LogP contribution is -2.35. The van der Waals surface area contributed by atoms with Gasteiger partial charge in [0.2, 0.25) is 0 Å². The molecule has 0 unspecified atom stereocenters. The Bertz CT molecular complexity index is 435. The van der Waals surface area contributed by atoms with Crippen LogP contribution in [0.5, 0.6) is 0 Å². The lowest BCUT2D eigenvalue weighted by molar-refractivity contribution is 0.0549. The summed E-state index contributed by atoms with van der Waals surface area (Å²) < 4.78 is 11.7. The Hall–Kier alpha value is -0.590. The first-order valence-corrected chi connectivity index (χ1v) is 7.49. The Morgan fingerprint density at radius 3 is 3.11 bits per heavy atom. The van der Waals surface area contributed by atoms with Crippen LogP contribution in [0.3, 0.4) is 0 Å². The van der Waals surface area contributed by atoms with Crippen LogP contribution in [0.1, 0.15) is 23.5 Å². The van der Waals surface area contributed by atoms with Crippen LogP contribution >= 0.6 is 27.3 Å². The fraction of sp³-hybridized carbons (Fsp3) is 0.583. The van der Waals surface area contributed by atoms with Crippen molar-refractivity contribution in [3.05, 3.63) is 20.3 Å². The quantitative estimate of drug-likeness (QED) is 0.834. The van der Waals surface area contributed by atoms with E-state index in [0.29, 0.717) is 19.7 Å². The van der Waals surface area contributed by atoms with Gasteiger partial charge < -0.3 is 14.4 Å². The van der Waals surface area contributed by atoms with Crippen LogP contribution < -0.4 is 0 Å². The van der Waals surface area contributed by atoms with Crippen molar-refractivity contribution in [2.45, 2.75) is 19.4 Å². The van der Waals surface area contributed by atoms with Crippen molar-refractivity contribution >= 4 is 33.4 Å². The Labute approximate surface area is 119 Å². The monoisotopic (exact) mass is 333 g/mol. The van der Waals surface area contributed by atoms with Gasteiger partial charge in [-0.25, -0.2) is 4.79 Å². The maximum Gasteiger partial charge on any atom is 0.409 e. The van der Waals surface area contributed by atoms with Gasteiger partial charge in [0.25, 0.3) is 0 Å². The van der Waals surface area contributed by atoms with Crippen molar-refractivity contribution < 1.29 is 14.3 Å². The van der Waals surface area contributed by atoms with Gasteiger partial charge in [-0.3, -0.25) is 0 Å². The SMILES string of the molecule is CCOC(=O)N1CCc2sc(Br)cc2[C@H](OC)C1.